The smallest absolute Gasteiger partial charge is 0.278 e. The monoisotopic (exact) mass is 430 g/mol. The average molecular weight is 431 g/mol. The summed E-state index contributed by atoms with van der Waals surface area (Å²) in [4.78, 5) is 25.3. The number of aromatic nitrogens is 4. The van der Waals surface area contributed by atoms with E-state index in [-0.39, 0.29) is 11.4 Å². The molecule has 0 saturated carbocycles. The summed E-state index contributed by atoms with van der Waals surface area (Å²) in [5.74, 6) is -0.824. The number of nitrogens with one attached hydrogen (secondary N) is 2. The van der Waals surface area contributed by atoms with Gasteiger partial charge >= 0.3 is 0 Å². The van der Waals surface area contributed by atoms with Crippen LogP contribution in [0.25, 0.3) is 0 Å². The van der Waals surface area contributed by atoms with Crippen LogP contribution >= 0.6 is 15.9 Å². The molecule has 0 aliphatic rings. The molecule has 1 aromatic carbocycles. The highest BCUT2D eigenvalue weighted by Crippen LogP contribution is 2.23. The standard InChI is InChI=1S/C18H19BrN6O2/c1-4-25-10-13(21-18(27)16-14(19)11(2)24(3)22-16)15(23-25)17(26)20-12-8-6-5-7-9-12/h5-10H,4H2,1-3H3,(H,20,26)(H,21,27). The van der Waals surface area contributed by atoms with Crippen LogP contribution in [-0.4, -0.2) is 31.4 Å². The van der Waals surface area contributed by atoms with Gasteiger partial charge in [-0.1, -0.05) is 18.2 Å². The van der Waals surface area contributed by atoms with E-state index in [2.05, 4.69) is 36.8 Å². The van der Waals surface area contributed by atoms with Crippen molar-refractivity contribution < 1.29 is 9.59 Å². The Morgan fingerprint density at radius 1 is 1.07 bits per heavy atom. The summed E-state index contributed by atoms with van der Waals surface area (Å²) >= 11 is 3.38. The molecular formula is C18H19BrN6O2. The molecule has 0 aliphatic carbocycles. The topological polar surface area (TPSA) is 93.8 Å². The Kier molecular flexibility index (Phi) is 5.41. The quantitative estimate of drug-likeness (QED) is 0.649. The van der Waals surface area contributed by atoms with Gasteiger partial charge in [0, 0.05) is 25.5 Å². The van der Waals surface area contributed by atoms with E-state index in [4.69, 9.17) is 0 Å². The highest BCUT2D eigenvalue weighted by atomic mass is 79.9. The molecule has 2 N–H and O–H groups in total. The molecular weight excluding hydrogens is 412 g/mol. The van der Waals surface area contributed by atoms with E-state index in [0.717, 1.165) is 5.69 Å². The van der Waals surface area contributed by atoms with Crippen molar-refractivity contribution in [1.29, 1.82) is 0 Å². The van der Waals surface area contributed by atoms with Crippen molar-refractivity contribution in [2.75, 3.05) is 10.6 Å². The molecule has 140 valence electrons. The summed E-state index contributed by atoms with van der Waals surface area (Å²) in [5, 5.41) is 14.0. The molecule has 0 bridgehead atoms. The van der Waals surface area contributed by atoms with Gasteiger partial charge in [-0.05, 0) is 41.9 Å². The minimum absolute atomic E-state index is 0.137. The molecule has 0 unspecified atom stereocenters. The SMILES string of the molecule is CCn1cc(NC(=O)c2nn(C)c(C)c2Br)c(C(=O)Nc2ccccc2)n1. The molecule has 0 spiro atoms. The zero-order valence-corrected chi connectivity index (χ0v) is 16.7. The zero-order chi connectivity index (χ0) is 19.6. The van der Waals surface area contributed by atoms with E-state index in [1.807, 2.05) is 32.0 Å². The number of aryl methyl sites for hydroxylation is 2. The highest BCUT2D eigenvalue weighted by molar-refractivity contribution is 9.10. The number of rotatable bonds is 5. The molecule has 0 saturated heterocycles. The lowest BCUT2D eigenvalue weighted by Crippen LogP contribution is -2.18. The molecule has 2 amide bonds. The van der Waals surface area contributed by atoms with Gasteiger partial charge in [0.05, 0.1) is 15.9 Å². The summed E-state index contributed by atoms with van der Waals surface area (Å²) in [6.07, 6.45) is 1.63. The first-order valence-corrected chi connectivity index (χ1v) is 9.14. The van der Waals surface area contributed by atoms with Gasteiger partial charge in [-0.25, -0.2) is 0 Å². The number of halogens is 1. The van der Waals surface area contributed by atoms with Gasteiger partial charge in [-0.15, -0.1) is 0 Å². The average Bonchev–Trinajstić information content (AvgIpc) is 3.18. The molecule has 0 fully saturated rings. The maximum absolute atomic E-state index is 12.6. The fraction of sp³-hybridized carbons (Fsp3) is 0.222. The van der Waals surface area contributed by atoms with Crippen LogP contribution < -0.4 is 10.6 Å². The lowest BCUT2D eigenvalue weighted by Gasteiger charge is -2.06. The molecule has 3 rings (SSSR count). The number of carbonyl (C=O) groups is 2. The van der Waals surface area contributed by atoms with E-state index in [1.165, 1.54) is 0 Å². The largest absolute Gasteiger partial charge is 0.321 e. The van der Waals surface area contributed by atoms with Gasteiger partial charge in [0.15, 0.2) is 11.4 Å². The fourth-order valence-electron chi connectivity index (χ4n) is 2.46. The lowest BCUT2D eigenvalue weighted by atomic mass is 10.3. The number of carbonyl (C=O) groups excluding carboxylic acids is 2. The number of amides is 2. The Morgan fingerprint density at radius 3 is 2.33 bits per heavy atom. The predicted octanol–water partition coefficient (Wildman–Crippen LogP) is 3.21. The first kappa shape index (κ1) is 18.8. The molecule has 2 heterocycles. The van der Waals surface area contributed by atoms with E-state index in [0.29, 0.717) is 22.4 Å². The second-order valence-electron chi connectivity index (χ2n) is 5.89. The van der Waals surface area contributed by atoms with Gasteiger partial charge in [0.25, 0.3) is 11.8 Å². The number of nitrogens with zero attached hydrogens (tertiary/aromatic N) is 4. The third kappa shape index (κ3) is 3.92. The Balaban J connectivity index is 1.87. The summed E-state index contributed by atoms with van der Waals surface area (Å²) in [6, 6.07) is 9.06. The Hall–Kier alpha value is -2.94. The number of benzene rings is 1. The molecule has 9 heteroatoms. The molecule has 0 atom stereocenters. The van der Waals surface area contributed by atoms with Crippen LogP contribution in [0.5, 0.6) is 0 Å². The van der Waals surface area contributed by atoms with Gasteiger partial charge < -0.3 is 10.6 Å². The van der Waals surface area contributed by atoms with Gasteiger partial charge in [0.2, 0.25) is 0 Å². The number of hydrogen-bond acceptors (Lipinski definition) is 4. The first-order chi connectivity index (χ1) is 12.9. The van der Waals surface area contributed by atoms with E-state index in [1.54, 1.807) is 34.7 Å². The second kappa shape index (κ2) is 7.75. The molecule has 2 aromatic heterocycles. The molecule has 8 nitrogen and oxygen atoms in total. The van der Waals surface area contributed by atoms with Gasteiger partial charge in [-0.2, -0.15) is 10.2 Å². The third-order valence-electron chi connectivity index (χ3n) is 4.06. The van der Waals surface area contributed by atoms with Crippen molar-refractivity contribution in [1.82, 2.24) is 19.6 Å². The van der Waals surface area contributed by atoms with Crippen LogP contribution in [0.1, 0.15) is 33.6 Å². The maximum atomic E-state index is 12.6. The van der Waals surface area contributed by atoms with Crippen LogP contribution in [0.2, 0.25) is 0 Å². The third-order valence-corrected chi connectivity index (χ3v) is 5.01. The van der Waals surface area contributed by atoms with Crippen molar-refractivity contribution in [2.24, 2.45) is 7.05 Å². The summed E-state index contributed by atoms with van der Waals surface area (Å²) in [5.41, 5.74) is 2.18. The summed E-state index contributed by atoms with van der Waals surface area (Å²) in [7, 11) is 1.75. The Morgan fingerprint density at radius 2 is 1.74 bits per heavy atom. The van der Waals surface area contributed by atoms with E-state index >= 15 is 0 Å². The number of para-hydroxylation sites is 1. The highest BCUT2D eigenvalue weighted by Gasteiger charge is 2.23. The van der Waals surface area contributed by atoms with Gasteiger partial charge in [-0.3, -0.25) is 19.0 Å². The Labute approximate surface area is 164 Å². The summed E-state index contributed by atoms with van der Waals surface area (Å²) < 4.78 is 3.81. The van der Waals surface area contributed by atoms with Crippen molar-refractivity contribution in [3.8, 4) is 0 Å². The minimum atomic E-state index is -0.421. The zero-order valence-electron chi connectivity index (χ0n) is 15.2. The lowest BCUT2D eigenvalue weighted by molar-refractivity contribution is 0.102. The van der Waals surface area contributed by atoms with Crippen molar-refractivity contribution in [3.63, 3.8) is 0 Å². The van der Waals surface area contributed by atoms with Crippen molar-refractivity contribution >= 4 is 39.1 Å². The van der Waals surface area contributed by atoms with Crippen LogP contribution in [0, 0.1) is 6.92 Å². The predicted molar refractivity (Wildman–Crippen MR) is 106 cm³/mol. The maximum Gasteiger partial charge on any atom is 0.278 e. The van der Waals surface area contributed by atoms with Crippen LogP contribution in [0.3, 0.4) is 0 Å². The molecule has 3 aromatic rings. The normalized spacial score (nSPS) is 10.7. The molecule has 27 heavy (non-hydrogen) atoms. The molecule has 0 aliphatic heterocycles. The van der Waals surface area contributed by atoms with Crippen LogP contribution in [-0.2, 0) is 13.6 Å². The fourth-order valence-corrected chi connectivity index (χ4v) is 2.98. The van der Waals surface area contributed by atoms with Gasteiger partial charge in [0.1, 0.15) is 0 Å². The van der Waals surface area contributed by atoms with Crippen LogP contribution in [0.15, 0.2) is 41.0 Å². The number of anilines is 2. The Bertz CT molecular complexity index is 993. The molecule has 0 radical (unpaired) electrons. The van der Waals surface area contributed by atoms with Crippen molar-refractivity contribution in [3.05, 3.63) is 58.1 Å². The minimum Gasteiger partial charge on any atom is -0.321 e. The second-order valence-corrected chi connectivity index (χ2v) is 6.69. The number of hydrogen-bond donors (Lipinski definition) is 2. The first-order valence-electron chi connectivity index (χ1n) is 8.35. The van der Waals surface area contributed by atoms with E-state index in [9.17, 15) is 9.59 Å². The summed E-state index contributed by atoms with van der Waals surface area (Å²) in [6.45, 7) is 4.31. The van der Waals surface area contributed by atoms with Crippen molar-refractivity contribution in [2.45, 2.75) is 20.4 Å². The van der Waals surface area contributed by atoms with Crippen LogP contribution in [0.4, 0.5) is 11.4 Å². The van der Waals surface area contributed by atoms with E-state index < -0.39 is 11.8 Å².